The lowest BCUT2D eigenvalue weighted by atomic mass is 10.0. The molecule has 0 bridgehead atoms. The fraction of sp³-hybridized carbons (Fsp3) is 0.273. The minimum absolute atomic E-state index is 0.143. The van der Waals surface area contributed by atoms with Crippen LogP contribution in [-0.4, -0.2) is 6.04 Å². The molecular weight excluding hydrogens is 195 g/mol. The number of halogens is 1. The van der Waals surface area contributed by atoms with Gasteiger partial charge in [-0.1, -0.05) is 6.92 Å². The molecule has 1 aromatic carbocycles. The molecule has 0 amide bonds. The van der Waals surface area contributed by atoms with Crippen LogP contribution in [-0.2, 0) is 0 Å². The zero-order chi connectivity index (χ0) is 10.8. The average molecular weight is 206 g/mol. The van der Waals surface area contributed by atoms with Crippen LogP contribution in [0.25, 0.3) is 5.70 Å². The van der Waals surface area contributed by atoms with Crippen LogP contribution in [0.4, 0.5) is 10.1 Å². The summed E-state index contributed by atoms with van der Waals surface area (Å²) in [5.41, 5.74) is 1.59. The molecule has 0 spiro atoms. The van der Waals surface area contributed by atoms with Crippen molar-refractivity contribution in [2.24, 2.45) is 5.18 Å². The molecule has 0 saturated heterocycles. The molecular formula is C11H11FN2O. The van der Waals surface area contributed by atoms with Gasteiger partial charge in [0.2, 0.25) is 0 Å². The molecule has 4 heteroatoms. The fourth-order valence-electron chi connectivity index (χ4n) is 1.54. The van der Waals surface area contributed by atoms with Crippen molar-refractivity contribution in [2.45, 2.75) is 19.4 Å². The van der Waals surface area contributed by atoms with Crippen LogP contribution in [0.5, 0.6) is 0 Å². The van der Waals surface area contributed by atoms with E-state index >= 15 is 0 Å². The highest BCUT2D eigenvalue weighted by Crippen LogP contribution is 2.26. The maximum Gasteiger partial charge on any atom is 0.152 e. The summed E-state index contributed by atoms with van der Waals surface area (Å²) < 4.78 is 13.0. The SMILES string of the molecule is CC[C@@H]1C=C(c2ccc(F)c(N=O)c2)N1. The summed E-state index contributed by atoms with van der Waals surface area (Å²) >= 11 is 0. The lowest BCUT2D eigenvalue weighted by Crippen LogP contribution is -2.34. The van der Waals surface area contributed by atoms with E-state index in [2.05, 4.69) is 23.5 Å². The standard InChI is InChI=1S/C11H11FN2O/c1-2-8-6-10(13-8)7-3-4-9(12)11(5-7)14-15/h3-6,8,13H,2H2,1H3/t8-/m1/s1. The first-order valence-corrected chi connectivity index (χ1v) is 4.86. The zero-order valence-corrected chi connectivity index (χ0v) is 8.33. The molecule has 1 aliphatic rings. The predicted octanol–water partition coefficient (Wildman–Crippen LogP) is 2.95. The Morgan fingerprint density at radius 3 is 2.87 bits per heavy atom. The second-order valence-electron chi connectivity index (χ2n) is 3.50. The van der Waals surface area contributed by atoms with E-state index in [9.17, 15) is 9.30 Å². The number of rotatable bonds is 3. The van der Waals surface area contributed by atoms with Gasteiger partial charge in [-0.25, -0.2) is 4.39 Å². The molecule has 0 fully saturated rings. The van der Waals surface area contributed by atoms with Crippen LogP contribution in [0.2, 0.25) is 0 Å². The molecule has 1 aromatic rings. The molecule has 0 aliphatic carbocycles. The minimum Gasteiger partial charge on any atom is -0.378 e. The Labute approximate surface area is 87.0 Å². The van der Waals surface area contributed by atoms with Crippen molar-refractivity contribution < 1.29 is 4.39 Å². The Kier molecular flexibility index (Phi) is 2.49. The highest BCUT2D eigenvalue weighted by molar-refractivity contribution is 5.71. The van der Waals surface area contributed by atoms with Gasteiger partial charge in [-0.2, -0.15) is 0 Å². The molecule has 0 aromatic heterocycles. The van der Waals surface area contributed by atoms with Crippen molar-refractivity contribution in [3.8, 4) is 0 Å². The van der Waals surface area contributed by atoms with Gasteiger partial charge in [0.15, 0.2) is 5.82 Å². The van der Waals surface area contributed by atoms with Gasteiger partial charge >= 0.3 is 0 Å². The minimum atomic E-state index is -0.583. The van der Waals surface area contributed by atoms with Gasteiger partial charge in [-0.05, 0) is 41.4 Å². The van der Waals surface area contributed by atoms with Crippen LogP contribution in [0.1, 0.15) is 18.9 Å². The molecule has 78 valence electrons. The summed E-state index contributed by atoms with van der Waals surface area (Å²) in [6, 6.07) is 4.73. The molecule has 1 aliphatic heterocycles. The first-order valence-electron chi connectivity index (χ1n) is 4.86. The third kappa shape index (κ3) is 1.75. The van der Waals surface area contributed by atoms with Crippen LogP contribution in [0.15, 0.2) is 29.5 Å². The van der Waals surface area contributed by atoms with E-state index in [0.717, 1.165) is 17.7 Å². The summed E-state index contributed by atoms with van der Waals surface area (Å²) in [4.78, 5) is 10.3. The lowest BCUT2D eigenvalue weighted by molar-refractivity contribution is 0.627. The largest absolute Gasteiger partial charge is 0.378 e. The van der Waals surface area contributed by atoms with Crippen molar-refractivity contribution in [3.63, 3.8) is 0 Å². The fourth-order valence-corrected chi connectivity index (χ4v) is 1.54. The third-order valence-electron chi connectivity index (χ3n) is 2.50. The number of nitrogens with one attached hydrogen (secondary N) is 1. The van der Waals surface area contributed by atoms with Crippen molar-refractivity contribution in [1.29, 1.82) is 0 Å². The smallest absolute Gasteiger partial charge is 0.152 e. The van der Waals surface area contributed by atoms with Crippen molar-refractivity contribution in [2.75, 3.05) is 0 Å². The zero-order valence-electron chi connectivity index (χ0n) is 8.33. The molecule has 0 saturated carbocycles. The van der Waals surface area contributed by atoms with Gasteiger partial charge in [0.05, 0.1) is 0 Å². The molecule has 1 N–H and O–H groups in total. The second kappa shape index (κ2) is 3.81. The second-order valence-corrected chi connectivity index (χ2v) is 3.50. The molecule has 15 heavy (non-hydrogen) atoms. The lowest BCUT2D eigenvalue weighted by Gasteiger charge is -2.27. The quantitative estimate of drug-likeness (QED) is 0.772. The van der Waals surface area contributed by atoms with Gasteiger partial charge in [0.25, 0.3) is 0 Å². The maximum atomic E-state index is 13.0. The van der Waals surface area contributed by atoms with Gasteiger partial charge < -0.3 is 5.32 Å². The Hall–Kier alpha value is -1.71. The van der Waals surface area contributed by atoms with Crippen molar-refractivity contribution >= 4 is 11.4 Å². The van der Waals surface area contributed by atoms with Crippen LogP contribution in [0.3, 0.4) is 0 Å². The highest BCUT2D eigenvalue weighted by atomic mass is 19.1. The van der Waals surface area contributed by atoms with E-state index < -0.39 is 5.82 Å². The predicted molar refractivity (Wildman–Crippen MR) is 57.0 cm³/mol. The van der Waals surface area contributed by atoms with Crippen LogP contribution < -0.4 is 5.32 Å². The maximum absolute atomic E-state index is 13.0. The Morgan fingerprint density at radius 2 is 2.27 bits per heavy atom. The summed E-state index contributed by atoms with van der Waals surface area (Å²) in [6.07, 6.45) is 3.07. The molecule has 0 radical (unpaired) electrons. The normalized spacial score (nSPS) is 18.8. The van der Waals surface area contributed by atoms with Gasteiger partial charge in [0.1, 0.15) is 5.69 Å². The Balaban J connectivity index is 2.28. The molecule has 0 unspecified atom stereocenters. The number of hydrogen-bond donors (Lipinski definition) is 1. The number of nitrogens with zero attached hydrogens (tertiary/aromatic N) is 1. The summed E-state index contributed by atoms with van der Waals surface area (Å²) in [7, 11) is 0. The van der Waals surface area contributed by atoms with E-state index in [4.69, 9.17) is 0 Å². The third-order valence-corrected chi connectivity index (χ3v) is 2.50. The average Bonchev–Trinajstić information content (AvgIpc) is 2.19. The van der Waals surface area contributed by atoms with Crippen molar-refractivity contribution in [1.82, 2.24) is 5.32 Å². The highest BCUT2D eigenvalue weighted by Gasteiger charge is 2.18. The topological polar surface area (TPSA) is 41.5 Å². The first kappa shape index (κ1) is 9.83. The van der Waals surface area contributed by atoms with Crippen LogP contribution in [0, 0.1) is 10.7 Å². The molecule has 3 nitrogen and oxygen atoms in total. The van der Waals surface area contributed by atoms with Crippen LogP contribution >= 0.6 is 0 Å². The Morgan fingerprint density at radius 1 is 1.53 bits per heavy atom. The summed E-state index contributed by atoms with van der Waals surface area (Å²) in [6.45, 7) is 2.08. The van der Waals surface area contributed by atoms with E-state index in [-0.39, 0.29) is 5.69 Å². The number of benzene rings is 1. The van der Waals surface area contributed by atoms with E-state index in [1.54, 1.807) is 6.07 Å². The molecule has 1 atom stereocenters. The van der Waals surface area contributed by atoms with Gasteiger partial charge in [0, 0.05) is 11.7 Å². The van der Waals surface area contributed by atoms with Gasteiger partial charge in [-0.3, -0.25) is 0 Å². The first-order chi connectivity index (χ1) is 7.24. The molecule has 1 heterocycles. The van der Waals surface area contributed by atoms with Crippen molar-refractivity contribution in [3.05, 3.63) is 40.6 Å². The Bertz CT molecular complexity index is 429. The number of nitroso groups, excluding NO2 is 1. The van der Waals surface area contributed by atoms with Gasteiger partial charge in [-0.15, -0.1) is 4.91 Å². The molecule has 2 rings (SSSR count). The number of hydrogen-bond acceptors (Lipinski definition) is 3. The van der Waals surface area contributed by atoms with E-state index in [0.29, 0.717) is 6.04 Å². The van der Waals surface area contributed by atoms with E-state index in [1.807, 2.05) is 0 Å². The van der Waals surface area contributed by atoms with E-state index in [1.165, 1.54) is 12.1 Å². The monoisotopic (exact) mass is 206 g/mol. The summed E-state index contributed by atoms with van der Waals surface area (Å²) in [5, 5.41) is 5.84. The summed E-state index contributed by atoms with van der Waals surface area (Å²) in [5.74, 6) is -0.583.